The van der Waals surface area contributed by atoms with E-state index < -0.39 is 0 Å². The summed E-state index contributed by atoms with van der Waals surface area (Å²) >= 11 is 0. The van der Waals surface area contributed by atoms with Crippen molar-refractivity contribution < 1.29 is 9.23 Å². The predicted octanol–water partition coefficient (Wildman–Crippen LogP) is 2.35. The van der Waals surface area contributed by atoms with Gasteiger partial charge in [-0.3, -0.25) is 0 Å². The van der Waals surface area contributed by atoms with Gasteiger partial charge in [0, 0.05) is 6.54 Å². The monoisotopic (exact) mass is 195 g/mol. The van der Waals surface area contributed by atoms with Gasteiger partial charge in [-0.25, -0.2) is 4.39 Å². The van der Waals surface area contributed by atoms with Crippen LogP contribution in [0.1, 0.15) is 29.9 Å². The number of halogens is 1. The van der Waals surface area contributed by atoms with Gasteiger partial charge in [0.15, 0.2) is 0 Å². The fraction of sp³-hybridized carbons (Fsp3) is 0.455. The minimum atomic E-state index is -0.0806. The van der Waals surface area contributed by atoms with E-state index >= 15 is 0 Å². The lowest BCUT2D eigenvalue weighted by Crippen LogP contribution is -2.10. The molecule has 1 aromatic rings. The van der Waals surface area contributed by atoms with Crippen molar-refractivity contribution in [3.05, 3.63) is 35.1 Å². The third-order valence-corrected chi connectivity index (χ3v) is 2.50. The van der Waals surface area contributed by atoms with Crippen LogP contribution in [0.2, 0.25) is 0 Å². The summed E-state index contributed by atoms with van der Waals surface area (Å²) in [6.07, 6.45) is 2.26. The van der Waals surface area contributed by atoms with Crippen molar-refractivity contribution >= 4 is 0 Å². The van der Waals surface area contributed by atoms with Crippen LogP contribution in [0.15, 0.2) is 18.2 Å². The van der Waals surface area contributed by atoms with Gasteiger partial charge in [0.2, 0.25) is 0 Å². The van der Waals surface area contributed by atoms with E-state index in [1.807, 2.05) is 12.1 Å². The van der Waals surface area contributed by atoms with Crippen LogP contribution in [0, 0.1) is 5.82 Å². The SMILES string of the molecule is CONCc1ccc(C2CC2)c(F)c1. The van der Waals surface area contributed by atoms with E-state index in [0.29, 0.717) is 12.5 Å². The lowest BCUT2D eigenvalue weighted by atomic mass is 10.1. The summed E-state index contributed by atoms with van der Waals surface area (Å²) < 4.78 is 13.5. The van der Waals surface area contributed by atoms with Gasteiger partial charge in [-0.05, 0) is 36.0 Å². The zero-order valence-electron chi connectivity index (χ0n) is 8.22. The Morgan fingerprint density at radius 3 is 2.86 bits per heavy atom. The number of benzene rings is 1. The Labute approximate surface area is 83.0 Å². The number of hydrogen-bond donors (Lipinski definition) is 1. The molecule has 2 rings (SSSR count). The molecule has 76 valence electrons. The maximum Gasteiger partial charge on any atom is 0.127 e. The molecule has 1 N–H and O–H groups in total. The van der Waals surface area contributed by atoms with Crippen LogP contribution >= 0.6 is 0 Å². The fourth-order valence-corrected chi connectivity index (χ4v) is 1.56. The first-order chi connectivity index (χ1) is 6.81. The Morgan fingerprint density at radius 2 is 2.29 bits per heavy atom. The van der Waals surface area contributed by atoms with Crippen LogP contribution in [-0.2, 0) is 11.4 Å². The van der Waals surface area contributed by atoms with Gasteiger partial charge in [-0.1, -0.05) is 12.1 Å². The maximum absolute atomic E-state index is 13.5. The fourth-order valence-electron chi connectivity index (χ4n) is 1.56. The quantitative estimate of drug-likeness (QED) is 0.745. The Bertz CT molecular complexity index is 323. The first-order valence-corrected chi connectivity index (χ1v) is 4.85. The number of rotatable bonds is 4. The molecule has 1 fully saturated rings. The summed E-state index contributed by atoms with van der Waals surface area (Å²) in [5.41, 5.74) is 4.47. The average Bonchev–Trinajstić information content (AvgIpc) is 2.98. The molecule has 0 heterocycles. The van der Waals surface area contributed by atoms with Crippen molar-refractivity contribution in [3.63, 3.8) is 0 Å². The topological polar surface area (TPSA) is 21.3 Å². The molecule has 0 saturated heterocycles. The van der Waals surface area contributed by atoms with E-state index in [0.717, 1.165) is 24.0 Å². The van der Waals surface area contributed by atoms with Crippen molar-refractivity contribution in [2.45, 2.75) is 25.3 Å². The molecule has 1 saturated carbocycles. The van der Waals surface area contributed by atoms with Gasteiger partial charge in [-0.2, -0.15) is 5.48 Å². The Balaban J connectivity index is 2.09. The largest absolute Gasteiger partial charge is 0.305 e. The second kappa shape index (κ2) is 4.07. The van der Waals surface area contributed by atoms with E-state index in [4.69, 9.17) is 4.84 Å². The molecule has 0 radical (unpaired) electrons. The molecule has 3 heteroatoms. The van der Waals surface area contributed by atoms with Crippen molar-refractivity contribution in [3.8, 4) is 0 Å². The van der Waals surface area contributed by atoms with Gasteiger partial charge >= 0.3 is 0 Å². The third kappa shape index (κ3) is 2.11. The van der Waals surface area contributed by atoms with Gasteiger partial charge in [0.05, 0.1) is 7.11 Å². The third-order valence-electron chi connectivity index (χ3n) is 2.50. The highest BCUT2D eigenvalue weighted by Crippen LogP contribution is 2.41. The molecule has 0 aliphatic heterocycles. The van der Waals surface area contributed by atoms with Crippen LogP contribution in [0.5, 0.6) is 0 Å². The highest BCUT2D eigenvalue weighted by molar-refractivity contribution is 5.29. The summed E-state index contributed by atoms with van der Waals surface area (Å²) in [6, 6.07) is 5.42. The summed E-state index contributed by atoms with van der Waals surface area (Å²) in [4.78, 5) is 4.70. The zero-order valence-corrected chi connectivity index (χ0v) is 8.22. The zero-order chi connectivity index (χ0) is 9.97. The number of hydrogen-bond acceptors (Lipinski definition) is 2. The summed E-state index contributed by atoms with van der Waals surface area (Å²) in [5.74, 6) is 0.391. The highest BCUT2D eigenvalue weighted by atomic mass is 19.1. The van der Waals surface area contributed by atoms with E-state index in [2.05, 4.69) is 5.48 Å². The van der Waals surface area contributed by atoms with Crippen LogP contribution in [-0.4, -0.2) is 7.11 Å². The molecule has 0 spiro atoms. The Morgan fingerprint density at radius 1 is 1.50 bits per heavy atom. The van der Waals surface area contributed by atoms with Crippen molar-refractivity contribution in [2.24, 2.45) is 0 Å². The predicted molar refractivity (Wildman–Crippen MR) is 52.2 cm³/mol. The lowest BCUT2D eigenvalue weighted by molar-refractivity contribution is 0.0866. The van der Waals surface area contributed by atoms with Crippen molar-refractivity contribution in [1.82, 2.24) is 5.48 Å². The molecule has 0 bridgehead atoms. The Hall–Kier alpha value is -0.930. The van der Waals surface area contributed by atoms with Crippen LogP contribution < -0.4 is 5.48 Å². The van der Waals surface area contributed by atoms with Crippen molar-refractivity contribution in [2.75, 3.05) is 7.11 Å². The van der Waals surface area contributed by atoms with E-state index in [1.165, 1.54) is 0 Å². The second-order valence-corrected chi connectivity index (χ2v) is 3.66. The highest BCUT2D eigenvalue weighted by Gasteiger charge is 2.26. The first kappa shape index (κ1) is 9.62. The Kier molecular flexibility index (Phi) is 2.79. The maximum atomic E-state index is 13.5. The van der Waals surface area contributed by atoms with E-state index in [-0.39, 0.29) is 5.82 Å². The summed E-state index contributed by atoms with van der Waals surface area (Å²) in [5, 5.41) is 0. The molecule has 1 aromatic carbocycles. The minimum Gasteiger partial charge on any atom is -0.305 e. The molecule has 14 heavy (non-hydrogen) atoms. The van der Waals surface area contributed by atoms with Gasteiger partial charge in [0.1, 0.15) is 5.82 Å². The molecular weight excluding hydrogens is 181 g/mol. The van der Waals surface area contributed by atoms with Gasteiger partial charge in [0.25, 0.3) is 0 Å². The second-order valence-electron chi connectivity index (χ2n) is 3.66. The molecule has 1 aliphatic carbocycles. The number of hydroxylamine groups is 1. The van der Waals surface area contributed by atoms with Gasteiger partial charge < -0.3 is 4.84 Å². The summed E-state index contributed by atoms with van der Waals surface area (Å²) in [7, 11) is 1.55. The summed E-state index contributed by atoms with van der Waals surface area (Å²) in [6.45, 7) is 0.540. The normalized spacial score (nSPS) is 15.9. The van der Waals surface area contributed by atoms with Crippen LogP contribution in [0.4, 0.5) is 4.39 Å². The molecule has 1 aliphatic rings. The minimum absolute atomic E-state index is 0.0806. The molecular formula is C11H14FNO. The molecule has 0 atom stereocenters. The number of nitrogens with one attached hydrogen (secondary N) is 1. The first-order valence-electron chi connectivity index (χ1n) is 4.85. The standard InChI is InChI=1S/C11H14FNO/c1-14-13-7-8-2-5-10(9-3-4-9)11(12)6-8/h2,5-6,9,13H,3-4,7H2,1H3. The molecule has 0 aromatic heterocycles. The van der Waals surface area contributed by atoms with E-state index in [1.54, 1.807) is 13.2 Å². The average molecular weight is 195 g/mol. The molecule has 0 unspecified atom stereocenters. The molecule has 0 amide bonds. The van der Waals surface area contributed by atoms with E-state index in [9.17, 15) is 4.39 Å². The lowest BCUT2D eigenvalue weighted by Gasteiger charge is -2.05. The van der Waals surface area contributed by atoms with Crippen LogP contribution in [0.25, 0.3) is 0 Å². The smallest absolute Gasteiger partial charge is 0.127 e. The molecule has 2 nitrogen and oxygen atoms in total. The van der Waals surface area contributed by atoms with Gasteiger partial charge in [-0.15, -0.1) is 0 Å². The van der Waals surface area contributed by atoms with Crippen LogP contribution in [0.3, 0.4) is 0 Å². The van der Waals surface area contributed by atoms with Crippen molar-refractivity contribution in [1.29, 1.82) is 0 Å².